The molecule has 0 bridgehead atoms. The van der Waals surface area contributed by atoms with Crippen LogP contribution in [-0.4, -0.2) is 42.0 Å². The number of nitro groups is 1. The van der Waals surface area contributed by atoms with Crippen molar-refractivity contribution in [3.05, 3.63) is 52.6 Å². The van der Waals surface area contributed by atoms with Crippen LogP contribution < -0.4 is 5.32 Å². The van der Waals surface area contributed by atoms with E-state index in [0.29, 0.717) is 5.52 Å². The molecular formula is C17H18N4O2. The molecule has 1 heterocycles. The maximum Gasteiger partial charge on any atom is 0.271 e. The molecule has 0 aliphatic heterocycles. The Morgan fingerprint density at radius 3 is 2.61 bits per heavy atom. The lowest BCUT2D eigenvalue weighted by Gasteiger charge is -2.15. The minimum Gasteiger partial charge on any atom is -0.383 e. The number of nitrogens with one attached hydrogen (secondary N) is 1. The van der Waals surface area contributed by atoms with Gasteiger partial charge in [0.25, 0.3) is 5.69 Å². The molecule has 6 nitrogen and oxygen atoms in total. The molecule has 0 saturated carbocycles. The molecule has 0 saturated heterocycles. The van der Waals surface area contributed by atoms with Gasteiger partial charge in [-0.2, -0.15) is 0 Å². The van der Waals surface area contributed by atoms with Crippen LogP contribution >= 0.6 is 0 Å². The highest BCUT2D eigenvalue weighted by molar-refractivity contribution is 6.07. The Balaban J connectivity index is 2.16. The van der Waals surface area contributed by atoms with E-state index in [1.54, 1.807) is 6.07 Å². The van der Waals surface area contributed by atoms with Crippen LogP contribution in [0.5, 0.6) is 0 Å². The number of aromatic nitrogens is 1. The van der Waals surface area contributed by atoms with Crippen LogP contribution in [0.25, 0.3) is 21.8 Å². The first-order valence-electron chi connectivity index (χ1n) is 7.42. The fourth-order valence-electron chi connectivity index (χ4n) is 2.59. The van der Waals surface area contributed by atoms with E-state index < -0.39 is 4.92 Å². The van der Waals surface area contributed by atoms with Gasteiger partial charge in [0.05, 0.1) is 21.6 Å². The lowest BCUT2D eigenvalue weighted by molar-refractivity contribution is -0.384. The third-order valence-electron chi connectivity index (χ3n) is 3.74. The van der Waals surface area contributed by atoms with Crippen LogP contribution in [0.1, 0.15) is 0 Å². The smallest absolute Gasteiger partial charge is 0.271 e. The highest BCUT2D eigenvalue weighted by Gasteiger charge is 2.12. The van der Waals surface area contributed by atoms with E-state index in [1.165, 1.54) is 12.1 Å². The summed E-state index contributed by atoms with van der Waals surface area (Å²) in [7, 11) is 4.04. The van der Waals surface area contributed by atoms with Gasteiger partial charge in [-0.25, -0.2) is 4.98 Å². The van der Waals surface area contributed by atoms with Gasteiger partial charge in [0.15, 0.2) is 0 Å². The maximum atomic E-state index is 11.0. The Morgan fingerprint density at radius 1 is 1.13 bits per heavy atom. The van der Waals surface area contributed by atoms with Crippen LogP contribution in [0, 0.1) is 10.1 Å². The Bertz CT molecular complexity index is 877. The SMILES string of the molecule is CN(C)CCNc1c2ccccc2nc2cc([N+](=O)[O-])ccc12. The second-order valence-electron chi connectivity index (χ2n) is 5.69. The number of nitro benzene ring substituents is 1. The third kappa shape index (κ3) is 3.07. The van der Waals surface area contributed by atoms with Crippen molar-refractivity contribution in [2.24, 2.45) is 0 Å². The van der Waals surface area contributed by atoms with Crippen molar-refractivity contribution in [1.82, 2.24) is 9.88 Å². The number of hydrogen-bond donors (Lipinski definition) is 1. The summed E-state index contributed by atoms with van der Waals surface area (Å²) in [4.78, 5) is 17.3. The fraction of sp³-hybridized carbons (Fsp3) is 0.235. The zero-order valence-corrected chi connectivity index (χ0v) is 13.1. The first-order chi connectivity index (χ1) is 11.1. The van der Waals surface area contributed by atoms with E-state index >= 15 is 0 Å². The average Bonchev–Trinajstić information content (AvgIpc) is 2.53. The minimum absolute atomic E-state index is 0.0551. The summed E-state index contributed by atoms with van der Waals surface area (Å²) in [6.45, 7) is 1.68. The molecule has 118 valence electrons. The molecule has 0 unspecified atom stereocenters. The average molecular weight is 310 g/mol. The molecular weight excluding hydrogens is 292 g/mol. The van der Waals surface area contributed by atoms with Crippen LogP contribution in [0.15, 0.2) is 42.5 Å². The molecule has 0 aliphatic carbocycles. The number of hydrogen-bond acceptors (Lipinski definition) is 5. The molecule has 0 radical (unpaired) electrons. The molecule has 0 amide bonds. The van der Waals surface area contributed by atoms with Crippen molar-refractivity contribution in [1.29, 1.82) is 0 Å². The van der Waals surface area contributed by atoms with Gasteiger partial charge in [-0.3, -0.25) is 10.1 Å². The molecule has 0 aliphatic rings. The molecule has 1 N–H and O–H groups in total. The number of non-ortho nitro benzene ring substituents is 1. The zero-order chi connectivity index (χ0) is 16.4. The Kier molecular flexibility index (Phi) is 4.08. The summed E-state index contributed by atoms with van der Waals surface area (Å²) in [5.74, 6) is 0. The van der Waals surface area contributed by atoms with Crippen molar-refractivity contribution >= 4 is 33.2 Å². The van der Waals surface area contributed by atoms with Gasteiger partial charge in [-0.1, -0.05) is 18.2 Å². The molecule has 0 atom stereocenters. The lowest BCUT2D eigenvalue weighted by atomic mass is 10.1. The molecule has 2 aromatic carbocycles. The molecule has 3 aromatic rings. The molecule has 1 aromatic heterocycles. The number of rotatable bonds is 5. The van der Waals surface area contributed by atoms with E-state index in [2.05, 4.69) is 15.2 Å². The molecule has 3 rings (SSSR count). The zero-order valence-electron chi connectivity index (χ0n) is 13.1. The predicted molar refractivity (Wildman–Crippen MR) is 92.9 cm³/mol. The maximum absolute atomic E-state index is 11.0. The first-order valence-corrected chi connectivity index (χ1v) is 7.42. The number of anilines is 1. The summed E-state index contributed by atoms with van der Waals surface area (Å²) >= 11 is 0. The van der Waals surface area contributed by atoms with E-state index in [0.717, 1.165) is 35.1 Å². The highest BCUT2D eigenvalue weighted by Crippen LogP contribution is 2.32. The Labute approximate surface area is 133 Å². The van der Waals surface area contributed by atoms with E-state index in [9.17, 15) is 10.1 Å². The highest BCUT2D eigenvalue weighted by atomic mass is 16.6. The predicted octanol–water partition coefficient (Wildman–Crippen LogP) is 3.27. The van der Waals surface area contributed by atoms with E-state index in [-0.39, 0.29) is 5.69 Å². The van der Waals surface area contributed by atoms with Crippen molar-refractivity contribution in [3.63, 3.8) is 0 Å². The number of nitrogens with zero attached hydrogens (tertiary/aromatic N) is 3. The van der Waals surface area contributed by atoms with Crippen LogP contribution in [0.3, 0.4) is 0 Å². The standard InChI is InChI=1S/C17H18N4O2/c1-20(2)10-9-18-17-13-5-3-4-6-15(13)19-16-11-12(21(22)23)7-8-14(16)17/h3-8,11H,9-10H2,1-2H3,(H,18,19). The minimum atomic E-state index is -0.393. The van der Waals surface area contributed by atoms with Gasteiger partial charge < -0.3 is 10.2 Å². The number of pyridine rings is 1. The summed E-state index contributed by atoms with van der Waals surface area (Å²) in [5, 5.41) is 16.4. The first kappa shape index (κ1) is 15.2. The van der Waals surface area contributed by atoms with Crippen LogP contribution in [-0.2, 0) is 0 Å². The summed E-state index contributed by atoms with van der Waals surface area (Å²) in [5.41, 5.74) is 2.49. The van der Waals surface area contributed by atoms with Gasteiger partial charge in [0.2, 0.25) is 0 Å². The number of likely N-dealkylation sites (N-methyl/N-ethyl adjacent to an activating group) is 1. The van der Waals surface area contributed by atoms with E-state index in [4.69, 9.17) is 0 Å². The van der Waals surface area contributed by atoms with Crippen molar-refractivity contribution in [2.45, 2.75) is 0 Å². The van der Waals surface area contributed by atoms with Gasteiger partial charge in [0.1, 0.15) is 0 Å². The van der Waals surface area contributed by atoms with Gasteiger partial charge in [-0.05, 0) is 26.2 Å². The van der Waals surface area contributed by atoms with Crippen LogP contribution in [0.2, 0.25) is 0 Å². The van der Waals surface area contributed by atoms with Crippen molar-refractivity contribution < 1.29 is 4.92 Å². The van der Waals surface area contributed by atoms with Crippen molar-refractivity contribution in [3.8, 4) is 0 Å². The molecule has 0 spiro atoms. The third-order valence-corrected chi connectivity index (χ3v) is 3.74. The largest absolute Gasteiger partial charge is 0.383 e. The topological polar surface area (TPSA) is 71.3 Å². The molecule has 0 fully saturated rings. The summed E-state index contributed by atoms with van der Waals surface area (Å²) in [6, 6.07) is 12.6. The normalized spacial score (nSPS) is 11.3. The van der Waals surface area contributed by atoms with Gasteiger partial charge >= 0.3 is 0 Å². The Hall–Kier alpha value is -2.73. The second kappa shape index (κ2) is 6.18. The fourth-order valence-corrected chi connectivity index (χ4v) is 2.59. The number of benzene rings is 2. The van der Waals surface area contributed by atoms with Gasteiger partial charge in [-0.15, -0.1) is 0 Å². The second-order valence-corrected chi connectivity index (χ2v) is 5.69. The summed E-state index contributed by atoms with van der Waals surface area (Å²) < 4.78 is 0. The van der Waals surface area contributed by atoms with E-state index in [1.807, 2.05) is 38.4 Å². The van der Waals surface area contributed by atoms with Gasteiger partial charge in [0, 0.05) is 36.0 Å². The van der Waals surface area contributed by atoms with Crippen LogP contribution in [0.4, 0.5) is 11.4 Å². The quantitative estimate of drug-likeness (QED) is 0.445. The Morgan fingerprint density at radius 2 is 1.87 bits per heavy atom. The number of fused-ring (bicyclic) bond motifs is 2. The number of para-hydroxylation sites is 1. The summed E-state index contributed by atoms with van der Waals surface area (Å²) in [6.07, 6.45) is 0. The lowest BCUT2D eigenvalue weighted by Crippen LogP contribution is -2.21. The van der Waals surface area contributed by atoms with Crippen molar-refractivity contribution in [2.75, 3.05) is 32.5 Å². The molecule has 23 heavy (non-hydrogen) atoms. The monoisotopic (exact) mass is 310 g/mol. The molecule has 6 heteroatoms.